The fourth-order valence-electron chi connectivity index (χ4n) is 2.67. The summed E-state index contributed by atoms with van der Waals surface area (Å²) in [5.74, 6) is 0. The predicted molar refractivity (Wildman–Crippen MR) is 82.8 cm³/mol. The monoisotopic (exact) mass is 263 g/mol. The molecule has 3 heteroatoms. The van der Waals surface area contributed by atoms with E-state index in [1.54, 1.807) is 0 Å². The first-order valence-corrected chi connectivity index (χ1v) is 6.74. The predicted octanol–water partition coefficient (Wildman–Crippen LogP) is 3.05. The first-order chi connectivity index (χ1) is 9.69. The number of aromatic nitrogens is 1. The molecule has 0 spiro atoms. The standard InChI is InChI=1S/C17H17N3/c1-6-14(18-3)16-12-10-8-9-11-13(12)17(20(16)5)15(7-2)19-4/h8-11H,6-7H2,1-2,5H3/b16-14-,17-15+. The first-order valence-electron chi connectivity index (χ1n) is 6.74. The van der Waals surface area contributed by atoms with Crippen LogP contribution in [0.4, 0.5) is 0 Å². The van der Waals surface area contributed by atoms with Gasteiger partial charge in [0.2, 0.25) is 0 Å². The lowest BCUT2D eigenvalue weighted by Crippen LogP contribution is -2.26. The number of rotatable bonds is 2. The number of benzene rings is 1. The van der Waals surface area contributed by atoms with Crippen LogP contribution in [0, 0.1) is 13.1 Å². The summed E-state index contributed by atoms with van der Waals surface area (Å²) in [7, 11) is 1.95. The Labute approximate surface area is 119 Å². The summed E-state index contributed by atoms with van der Waals surface area (Å²) in [4.78, 5) is 7.34. The van der Waals surface area contributed by atoms with Crippen molar-refractivity contribution in [2.75, 3.05) is 0 Å². The molecular formula is C17H17N3. The maximum Gasteiger partial charge on any atom is 0.188 e. The van der Waals surface area contributed by atoms with Crippen LogP contribution in [-0.4, -0.2) is 4.57 Å². The Morgan fingerprint density at radius 1 is 0.950 bits per heavy atom. The normalized spacial score (nSPS) is 13.7. The van der Waals surface area contributed by atoms with Crippen LogP contribution >= 0.6 is 0 Å². The third kappa shape index (κ3) is 1.98. The molecular weight excluding hydrogens is 246 g/mol. The highest BCUT2D eigenvalue weighted by atomic mass is 15.0. The molecule has 100 valence electrons. The van der Waals surface area contributed by atoms with E-state index in [1.807, 2.05) is 49.7 Å². The van der Waals surface area contributed by atoms with Crippen LogP contribution in [0.5, 0.6) is 0 Å². The van der Waals surface area contributed by atoms with Gasteiger partial charge in [-0.25, -0.2) is 9.69 Å². The lowest BCUT2D eigenvalue weighted by atomic mass is 10.1. The van der Waals surface area contributed by atoms with Crippen LogP contribution in [0.15, 0.2) is 24.3 Å². The van der Waals surface area contributed by atoms with Crippen molar-refractivity contribution < 1.29 is 0 Å². The Morgan fingerprint density at radius 2 is 1.35 bits per heavy atom. The van der Waals surface area contributed by atoms with Gasteiger partial charge in [0.25, 0.3) is 0 Å². The molecule has 0 saturated heterocycles. The molecule has 20 heavy (non-hydrogen) atoms. The summed E-state index contributed by atoms with van der Waals surface area (Å²) >= 11 is 0. The van der Waals surface area contributed by atoms with Gasteiger partial charge in [-0.2, -0.15) is 0 Å². The van der Waals surface area contributed by atoms with Crippen molar-refractivity contribution in [3.63, 3.8) is 0 Å². The molecule has 0 fully saturated rings. The molecule has 1 aromatic heterocycles. The Balaban J connectivity index is 3.24. The van der Waals surface area contributed by atoms with Crippen molar-refractivity contribution in [2.24, 2.45) is 7.05 Å². The van der Waals surface area contributed by atoms with E-state index in [4.69, 9.17) is 13.1 Å². The van der Waals surface area contributed by atoms with E-state index in [-0.39, 0.29) is 0 Å². The van der Waals surface area contributed by atoms with Crippen LogP contribution in [0.1, 0.15) is 26.7 Å². The average molecular weight is 263 g/mol. The molecule has 1 aromatic carbocycles. The summed E-state index contributed by atoms with van der Waals surface area (Å²) in [6.45, 7) is 18.8. The van der Waals surface area contributed by atoms with E-state index < -0.39 is 0 Å². The number of hydrogen-bond acceptors (Lipinski definition) is 0. The van der Waals surface area contributed by atoms with Gasteiger partial charge < -0.3 is 4.57 Å². The average Bonchev–Trinajstić information content (AvgIpc) is 2.76. The Morgan fingerprint density at radius 3 is 1.65 bits per heavy atom. The van der Waals surface area contributed by atoms with Gasteiger partial charge >= 0.3 is 0 Å². The minimum Gasteiger partial charge on any atom is -0.363 e. The van der Waals surface area contributed by atoms with Gasteiger partial charge in [-0.3, -0.25) is 0 Å². The highest BCUT2D eigenvalue weighted by Crippen LogP contribution is 2.12. The highest BCUT2D eigenvalue weighted by Gasteiger charge is 2.10. The van der Waals surface area contributed by atoms with Crippen LogP contribution in [0.2, 0.25) is 0 Å². The van der Waals surface area contributed by atoms with E-state index >= 15 is 0 Å². The fourth-order valence-corrected chi connectivity index (χ4v) is 2.67. The smallest absolute Gasteiger partial charge is 0.188 e. The van der Waals surface area contributed by atoms with Crippen molar-refractivity contribution >= 4 is 22.2 Å². The molecule has 0 amide bonds. The van der Waals surface area contributed by atoms with Crippen molar-refractivity contribution in [3.05, 3.63) is 57.8 Å². The summed E-state index contributed by atoms with van der Waals surface area (Å²) in [6.07, 6.45) is 1.40. The number of nitrogens with zero attached hydrogens (tertiary/aromatic N) is 3. The van der Waals surface area contributed by atoms with E-state index in [1.165, 1.54) is 0 Å². The van der Waals surface area contributed by atoms with Crippen LogP contribution in [-0.2, 0) is 7.05 Å². The van der Waals surface area contributed by atoms with Crippen LogP contribution in [0.25, 0.3) is 31.9 Å². The molecule has 0 bridgehead atoms. The Hall–Kier alpha value is -2.52. The van der Waals surface area contributed by atoms with Gasteiger partial charge in [0.05, 0.1) is 13.1 Å². The second-order valence-electron chi connectivity index (χ2n) is 4.63. The molecule has 3 nitrogen and oxygen atoms in total. The maximum atomic E-state index is 7.38. The zero-order valence-corrected chi connectivity index (χ0v) is 12.1. The quantitative estimate of drug-likeness (QED) is 0.739. The lowest BCUT2D eigenvalue weighted by Gasteiger charge is -1.99. The molecule has 0 N–H and O–H groups in total. The van der Waals surface area contributed by atoms with Gasteiger partial charge in [-0.05, 0) is 23.6 Å². The lowest BCUT2D eigenvalue weighted by molar-refractivity contribution is 0.852. The second kappa shape index (κ2) is 5.63. The molecule has 0 aliphatic rings. The van der Waals surface area contributed by atoms with Crippen LogP contribution < -0.4 is 10.7 Å². The first kappa shape index (κ1) is 13.9. The topological polar surface area (TPSA) is 13.7 Å². The molecule has 0 atom stereocenters. The molecule has 0 aliphatic carbocycles. The van der Waals surface area contributed by atoms with Gasteiger partial charge in [0, 0.05) is 17.7 Å². The van der Waals surface area contributed by atoms with Crippen LogP contribution in [0.3, 0.4) is 0 Å². The van der Waals surface area contributed by atoms with Crippen molar-refractivity contribution in [2.45, 2.75) is 26.7 Å². The highest BCUT2D eigenvalue weighted by molar-refractivity contribution is 5.87. The van der Waals surface area contributed by atoms with E-state index in [2.05, 4.69) is 9.69 Å². The number of hydrogen-bond donors (Lipinski definition) is 0. The van der Waals surface area contributed by atoms with Crippen molar-refractivity contribution in [1.29, 1.82) is 0 Å². The molecule has 0 radical (unpaired) electrons. The zero-order chi connectivity index (χ0) is 14.7. The van der Waals surface area contributed by atoms with Gasteiger partial charge in [0.1, 0.15) is 0 Å². The third-order valence-corrected chi connectivity index (χ3v) is 3.59. The van der Waals surface area contributed by atoms with Gasteiger partial charge in [0.15, 0.2) is 11.4 Å². The molecule has 0 saturated carbocycles. The van der Waals surface area contributed by atoms with Gasteiger partial charge in [-0.1, -0.05) is 38.1 Å². The van der Waals surface area contributed by atoms with E-state index in [9.17, 15) is 0 Å². The van der Waals surface area contributed by atoms with Crippen molar-refractivity contribution in [3.8, 4) is 0 Å². The summed E-state index contributed by atoms with van der Waals surface area (Å²) in [5.41, 5.74) is 1.49. The minimum absolute atomic E-state index is 0.699. The summed E-state index contributed by atoms with van der Waals surface area (Å²) in [6, 6.07) is 8.03. The molecule has 1 heterocycles. The molecule has 0 aliphatic heterocycles. The van der Waals surface area contributed by atoms with Gasteiger partial charge in [-0.15, -0.1) is 0 Å². The molecule has 2 aromatic rings. The fraction of sp³-hybridized carbons (Fsp3) is 0.294. The maximum absolute atomic E-state index is 7.38. The zero-order valence-electron chi connectivity index (χ0n) is 12.1. The van der Waals surface area contributed by atoms with E-state index in [0.717, 1.165) is 32.9 Å². The molecule has 0 unspecified atom stereocenters. The SMILES string of the molecule is [C-]#[N+]/C(CC)=c1/c2ccccc2/c(=C(/CC)[N+]#[C-])n1C. The largest absolute Gasteiger partial charge is 0.363 e. The Kier molecular flexibility index (Phi) is 3.91. The summed E-state index contributed by atoms with van der Waals surface area (Å²) < 4.78 is 2.01. The number of fused-ring (bicyclic) bond motifs is 1. The second-order valence-corrected chi connectivity index (χ2v) is 4.63. The Bertz CT molecular complexity index is 783. The minimum atomic E-state index is 0.699. The molecule has 2 rings (SSSR count). The summed E-state index contributed by atoms with van der Waals surface area (Å²) in [5, 5.41) is 4.02. The van der Waals surface area contributed by atoms with Crippen molar-refractivity contribution in [1.82, 2.24) is 4.57 Å². The third-order valence-electron chi connectivity index (χ3n) is 3.59. The van der Waals surface area contributed by atoms with E-state index in [0.29, 0.717) is 12.8 Å².